The number of nitrogens with one attached hydrogen (secondary N) is 2. The van der Waals surface area contributed by atoms with Crippen LogP contribution in [0.2, 0.25) is 10.0 Å². The summed E-state index contributed by atoms with van der Waals surface area (Å²) in [5, 5.41) is 3.80. The van der Waals surface area contributed by atoms with Crippen LogP contribution in [0.5, 0.6) is 0 Å². The summed E-state index contributed by atoms with van der Waals surface area (Å²) in [5.74, 6) is -0.925. The third kappa shape index (κ3) is 5.48. The molecule has 0 aliphatic carbocycles. The molecular weight excluding hydrogens is 364 g/mol. The first-order valence-corrected chi connectivity index (χ1v) is 7.98. The summed E-state index contributed by atoms with van der Waals surface area (Å²) in [6, 6.07) is 4.99. The minimum atomic E-state index is -4.53. The first kappa shape index (κ1) is 21.0. The van der Waals surface area contributed by atoms with Crippen LogP contribution in [0.3, 0.4) is 0 Å². The molecular formula is C16H20Cl2F3N2O+. The van der Waals surface area contributed by atoms with E-state index in [2.05, 4.69) is 11.9 Å². The number of benzene rings is 1. The lowest BCUT2D eigenvalue weighted by atomic mass is 9.86. The number of likely N-dealkylation sites (N-methyl/N-ethyl adjacent to an activating group) is 2. The molecule has 0 aromatic heterocycles. The van der Waals surface area contributed by atoms with Crippen LogP contribution >= 0.6 is 23.2 Å². The van der Waals surface area contributed by atoms with Crippen LogP contribution < -0.4 is 10.2 Å². The van der Waals surface area contributed by atoms with E-state index in [4.69, 9.17) is 23.2 Å². The van der Waals surface area contributed by atoms with Crippen LogP contribution in [0.15, 0.2) is 30.9 Å². The van der Waals surface area contributed by atoms with Crippen molar-refractivity contribution in [2.24, 2.45) is 0 Å². The zero-order valence-electron chi connectivity index (χ0n) is 13.4. The van der Waals surface area contributed by atoms with Gasteiger partial charge in [-0.05, 0) is 31.2 Å². The van der Waals surface area contributed by atoms with E-state index in [1.165, 1.54) is 7.05 Å². The number of hydrogen-bond acceptors (Lipinski definition) is 2. The van der Waals surface area contributed by atoms with Gasteiger partial charge in [-0.2, -0.15) is 13.2 Å². The van der Waals surface area contributed by atoms with E-state index < -0.39 is 24.0 Å². The smallest absolute Gasteiger partial charge is 0.306 e. The fourth-order valence-electron chi connectivity index (χ4n) is 2.55. The molecule has 0 saturated heterocycles. The molecule has 0 heterocycles. The van der Waals surface area contributed by atoms with Gasteiger partial charge in [0.25, 0.3) is 0 Å². The first-order chi connectivity index (χ1) is 11.0. The third-order valence-corrected chi connectivity index (χ3v) is 4.59. The molecule has 2 N–H and O–H groups in total. The predicted octanol–water partition coefficient (Wildman–Crippen LogP) is 2.98. The van der Waals surface area contributed by atoms with Gasteiger partial charge in [0.2, 0.25) is 0 Å². The van der Waals surface area contributed by atoms with E-state index in [0.717, 1.165) is 5.56 Å². The summed E-state index contributed by atoms with van der Waals surface area (Å²) in [7, 11) is 3.09. The van der Waals surface area contributed by atoms with Gasteiger partial charge in [0.1, 0.15) is 6.54 Å². The molecule has 3 nitrogen and oxygen atoms in total. The van der Waals surface area contributed by atoms with Crippen molar-refractivity contribution in [2.45, 2.75) is 24.6 Å². The number of amides is 1. The van der Waals surface area contributed by atoms with Crippen LogP contribution in [0.25, 0.3) is 0 Å². The van der Waals surface area contributed by atoms with Crippen molar-refractivity contribution in [3.05, 3.63) is 46.5 Å². The Morgan fingerprint density at radius 1 is 1.33 bits per heavy atom. The van der Waals surface area contributed by atoms with Gasteiger partial charge in [-0.15, -0.1) is 6.58 Å². The van der Waals surface area contributed by atoms with E-state index in [9.17, 15) is 18.0 Å². The van der Waals surface area contributed by atoms with Gasteiger partial charge in [-0.25, -0.2) is 4.79 Å². The molecule has 0 aliphatic heterocycles. The normalized spacial score (nSPS) is 15.6. The van der Waals surface area contributed by atoms with Gasteiger partial charge in [-0.3, -0.25) is 4.90 Å². The Labute approximate surface area is 149 Å². The number of alkyl halides is 3. The quantitative estimate of drug-likeness (QED) is 0.709. The van der Waals surface area contributed by atoms with Crippen LogP contribution in [0.4, 0.5) is 13.2 Å². The zero-order chi connectivity index (χ0) is 18.5. The lowest BCUT2D eigenvalue weighted by molar-refractivity contribution is -0.805. The summed E-state index contributed by atoms with van der Waals surface area (Å²) >= 11 is 12.0. The van der Waals surface area contributed by atoms with Gasteiger partial charge in [0.15, 0.2) is 6.42 Å². The number of rotatable bonds is 7. The fourth-order valence-corrected chi connectivity index (χ4v) is 2.85. The Balaban J connectivity index is 3.13. The molecule has 2 atom stereocenters. The maximum absolute atomic E-state index is 12.5. The fraction of sp³-hybridized carbons (Fsp3) is 0.438. The minimum Gasteiger partial charge on any atom is -0.306 e. The number of hydrogen-bond donors (Lipinski definition) is 2. The number of carbonyl (C=O) groups is 1. The van der Waals surface area contributed by atoms with E-state index in [-0.39, 0.29) is 11.4 Å². The topological polar surface area (TPSA) is 33.5 Å². The molecule has 0 saturated carbocycles. The molecule has 1 amide bonds. The summed E-state index contributed by atoms with van der Waals surface area (Å²) in [6.07, 6.45) is -3.95. The number of quaternary nitrogens is 1. The van der Waals surface area contributed by atoms with Gasteiger partial charge in [0.05, 0.1) is 22.6 Å². The lowest BCUT2D eigenvalue weighted by Gasteiger charge is -2.34. The average Bonchev–Trinajstić information content (AvgIpc) is 2.47. The molecule has 1 unspecified atom stereocenters. The zero-order valence-corrected chi connectivity index (χ0v) is 14.9. The van der Waals surface area contributed by atoms with E-state index in [1.807, 2.05) is 0 Å². The van der Waals surface area contributed by atoms with Gasteiger partial charge in [0, 0.05) is 0 Å². The number of carbonyl (C=O) groups excluding carboxylic acids is 1. The number of halogens is 5. The van der Waals surface area contributed by atoms with Crippen molar-refractivity contribution < 1.29 is 22.9 Å². The molecule has 24 heavy (non-hydrogen) atoms. The highest BCUT2D eigenvalue weighted by atomic mass is 35.5. The van der Waals surface area contributed by atoms with E-state index in [0.29, 0.717) is 16.5 Å². The molecule has 0 fully saturated rings. The summed E-state index contributed by atoms with van der Waals surface area (Å²) in [6.45, 7) is 3.80. The molecule has 134 valence electrons. The van der Waals surface area contributed by atoms with Crippen LogP contribution in [-0.2, 0) is 10.3 Å². The molecule has 1 aromatic rings. The van der Waals surface area contributed by atoms with Crippen molar-refractivity contribution in [2.75, 3.05) is 20.6 Å². The second-order valence-electron chi connectivity index (χ2n) is 5.63. The molecule has 0 bridgehead atoms. The van der Waals surface area contributed by atoms with Crippen molar-refractivity contribution >= 4 is 29.1 Å². The molecule has 1 aromatic carbocycles. The van der Waals surface area contributed by atoms with Gasteiger partial charge in [-0.1, -0.05) is 35.3 Å². The molecule has 1 rings (SSSR count). The maximum atomic E-state index is 12.5. The lowest BCUT2D eigenvalue weighted by Crippen LogP contribution is -3.14. The Kier molecular flexibility index (Phi) is 7.28. The predicted molar refractivity (Wildman–Crippen MR) is 89.4 cm³/mol. The van der Waals surface area contributed by atoms with E-state index >= 15 is 0 Å². The second-order valence-corrected chi connectivity index (χ2v) is 6.44. The first-order valence-electron chi connectivity index (χ1n) is 7.22. The molecule has 0 radical (unpaired) electrons. The Morgan fingerprint density at radius 3 is 2.42 bits per heavy atom. The molecule has 0 aliphatic rings. The van der Waals surface area contributed by atoms with E-state index in [1.54, 1.807) is 31.3 Å². The summed E-state index contributed by atoms with van der Waals surface area (Å²) < 4.78 is 37.4. The average molecular weight is 384 g/mol. The molecule has 0 spiro atoms. The highest BCUT2D eigenvalue weighted by molar-refractivity contribution is 6.42. The second kappa shape index (κ2) is 8.34. The Morgan fingerprint density at radius 2 is 1.96 bits per heavy atom. The van der Waals surface area contributed by atoms with Crippen molar-refractivity contribution in [3.63, 3.8) is 0 Å². The largest absolute Gasteiger partial charge is 0.401 e. The standard InChI is InChI=1S/C16H19Cl2F3N2O/c1-4-7-15(22-2,11-5-6-12(17)13(18)8-11)10-23(3)14(24)9-16(19,20)21/h4-6,8,22H,1,7,9-10H2,2-3H3/p+1/t15-/m1/s1. The third-order valence-electron chi connectivity index (χ3n) is 3.85. The van der Waals surface area contributed by atoms with Crippen molar-refractivity contribution in [1.29, 1.82) is 0 Å². The SMILES string of the molecule is C=CC[C@](C[NH+](C)C(=O)CC(F)(F)F)(NC)c1ccc(Cl)c(Cl)c1. The van der Waals surface area contributed by atoms with Gasteiger partial charge < -0.3 is 5.32 Å². The van der Waals surface area contributed by atoms with Crippen LogP contribution in [0, 0.1) is 0 Å². The highest BCUT2D eigenvalue weighted by Gasteiger charge is 2.40. The summed E-state index contributed by atoms with van der Waals surface area (Å²) in [4.78, 5) is 12.0. The van der Waals surface area contributed by atoms with Crippen molar-refractivity contribution in [3.8, 4) is 0 Å². The molecule has 8 heteroatoms. The summed E-state index contributed by atoms with van der Waals surface area (Å²) in [5.41, 5.74) is -0.0696. The highest BCUT2D eigenvalue weighted by Crippen LogP contribution is 2.30. The Hall–Kier alpha value is -1.08. The maximum Gasteiger partial charge on any atom is 0.401 e. The minimum absolute atomic E-state index is 0.0996. The van der Waals surface area contributed by atoms with Crippen LogP contribution in [-0.4, -0.2) is 32.7 Å². The van der Waals surface area contributed by atoms with Crippen molar-refractivity contribution in [1.82, 2.24) is 5.32 Å². The van der Waals surface area contributed by atoms with Gasteiger partial charge >= 0.3 is 12.1 Å². The Bertz CT molecular complexity index is 607. The monoisotopic (exact) mass is 383 g/mol. The van der Waals surface area contributed by atoms with Crippen LogP contribution in [0.1, 0.15) is 18.4 Å².